The van der Waals surface area contributed by atoms with Gasteiger partial charge in [0.1, 0.15) is 6.54 Å². The number of carbonyl (C=O) groups is 1. The Labute approximate surface area is 203 Å². The van der Waals surface area contributed by atoms with Crippen molar-refractivity contribution in [2.24, 2.45) is 0 Å². The summed E-state index contributed by atoms with van der Waals surface area (Å²) in [4.78, 5) is 12.7. The number of hydrogen-bond acceptors (Lipinski definition) is 5. The summed E-state index contributed by atoms with van der Waals surface area (Å²) in [5, 5.41) is 2.64. The lowest BCUT2D eigenvalue weighted by molar-refractivity contribution is -0.114. The molecule has 0 atom stereocenters. The topological polar surface area (TPSA) is 104 Å². The second kappa shape index (κ2) is 10.5. The van der Waals surface area contributed by atoms with E-state index in [4.69, 9.17) is 0 Å². The molecule has 2 aromatic rings. The number of carbonyl (C=O) groups excluding carboxylic acids is 1. The molecule has 0 aromatic heterocycles. The van der Waals surface area contributed by atoms with Crippen molar-refractivity contribution < 1.29 is 21.6 Å². The van der Waals surface area contributed by atoms with Crippen LogP contribution in [0.1, 0.15) is 25.7 Å². The first kappa shape index (κ1) is 24.9. The van der Waals surface area contributed by atoms with E-state index in [2.05, 4.69) is 27.9 Å². The molecule has 1 heterocycles. The molecule has 174 valence electrons. The maximum atomic E-state index is 12.9. The highest BCUT2D eigenvalue weighted by Gasteiger charge is 2.25. The monoisotopic (exact) mass is 591 g/mol. The Balaban J connectivity index is 1.70. The normalized spacial score (nSPS) is 15.7. The van der Waals surface area contributed by atoms with Crippen LogP contribution in [0.25, 0.3) is 0 Å². The number of benzene rings is 2. The molecule has 1 saturated heterocycles. The van der Waals surface area contributed by atoms with Crippen molar-refractivity contribution in [2.45, 2.75) is 30.6 Å². The first-order chi connectivity index (χ1) is 15.1. The third-order valence-electron chi connectivity index (χ3n) is 5.14. The van der Waals surface area contributed by atoms with E-state index in [-0.39, 0.29) is 4.90 Å². The zero-order valence-electron chi connectivity index (χ0n) is 17.7. The Morgan fingerprint density at radius 2 is 1.50 bits per heavy atom. The van der Waals surface area contributed by atoms with Gasteiger partial charge in [-0.1, -0.05) is 12.8 Å². The molecule has 1 fully saturated rings. The summed E-state index contributed by atoms with van der Waals surface area (Å²) in [5.74, 6) is -0.530. The summed E-state index contributed by atoms with van der Waals surface area (Å²) >= 11 is 2.11. The van der Waals surface area contributed by atoms with Gasteiger partial charge >= 0.3 is 0 Å². The molecule has 8 nitrogen and oxygen atoms in total. The summed E-state index contributed by atoms with van der Waals surface area (Å²) < 4.78 is 53.6. The lowest BCUT2D eigenvalue weighted by Crippen LogP contribution is -2.37. The first-order valence-electron chi connectivity index (χ1n) is 10.2. The number of rotatable bonds is 7. The van der Waals surface area contributed by atoms with E-state index in [9.17, 15) is 21.6 Å². The SMILES string of the molecule is CS(=O)(=O)N(CC(=O)Nc1ccc(S(=O)(=O)N2CCCCCC2)cc1)c1ccc(I)cc1. The predicted octanol–water partition coefficient (Wildman–Crippen LogP) is 3.26. The van der Waals surface area contributed by atoms with Crippen LogP contribution < -0.4 is 9.62 Å². The van der Waals surface area contributed by atoms with Crippen LogP contribution in [0.3, 0.4) is 0 Å². The molecule has 0 saturated carbocycles. The molecule has 2 aromatic carbocycles. The van der Waals surface area contributed by atoms with Gasteiger partial charge in [0.25, 0.3) is 0 Å². The molecule has 32 heavy (non-hydrogen) atoms. The van der Waals surface area contributed by atoms with Crippen LogP contribution >= 0.6 is 22.6 Å². The molecule has 0 aliphatic carbocycles. The summed E-state index contributed by atoms with van der Waals surface area (Å²) in [6.07, 6.45) is 4.81. The largest absolute Gasteiger partial charge is 0.325 e. The fraction of sp³-hybridized carbons (Fsp3) is 0.381. The van der Waals surface area contributed by atoms with Gasteiger partial charge in [0.2, 0.25) is 26.0 Å². The van der Waals surface area contributed by atoms with E-state index in [0.717, 1.165) is 39.8 Å². The van der Waals surface area contributed by atoms with E-state index < -0.39 is 32.5 Å². The molecular formula is C21H26IN3O5S2. The molecule has 0 bridgehead atoms. The van der Waals surface area contributed by atoms with Gasteiger partial charge in [0.15, 0.2) is 0 Å². The molecule has 1 N–H and O–H groups in total. The van der Waals surface area contributed by atoms with Gasteiger partial charge in [-0.05, 0) is 84.0 Å². The minimum Gasteiger partial charge on any atom is -0.325 e. The Morgan fingerprint density at radius 1 is 0.938 bits per heavy atom. The minimum absolute atomic E-state index is 0.175. The smallest absolute Gasteiger partial charge is 0.245 e. The van der Waals surface area contributed by atoms with Crippen molar-refractivity contribution in [1.82, 2.24) is 4.31 Å². The van der Waals surface area contributed by atoms with E-state index in [1.807, 2.05) is 0 Å². The molecule has 1 aliphatic heterocycles. The summed E-state index contributed by atoms with van der Waals surface area (Å²) in [6, 6.07) is 12.7. The van der Waals surface area contributed by atoms with Crippen LogP contribution in [0.2, 0.25) is 0 Å². The third-order valence-corrected chi connectivity index (χ3v) is 8.92. The number of hydrogen-bond donors (Lipinski definition) is 1. The van der Waals surface area contributed by atoms with Gasteiger partial charge in [-0.25, -0.2) is 16.8 Å². The van der Waals surface area contributed by atoms with Gasteiger partial charge in [-0.15, -0.1) is 0 Å². The second-order valence-electron chi connectivity index (χ2n) is 7.64. The second-order valence-corrected chi connectivity index (χ2v) is 12.7. The number of halogens is 1. The molecular weight excluding hydrogens is 565 g/mol. The minimum atomic E-state index is -3.67. The van der Waals surface area contributed by atoms with E-state index >= 15 is 0 Å². The van der Waals surface area contributed by atoms with Crippen molar-refractivity contribution in [3.63, 3.8) is 0 Å². The van der Waals surface area contributed by atoms with E-state index in [1.54, 1.807) is 24.3 Å². The Hall–Kier alpha value is -1.70. The lowest BCUT2D eigenvalue weighted by Gasteiger charge is -2.22. The molecule has 3 rings (SSSR count). The fourth-order valence-electron chi connectivity index (χ4n) is 3.48. The van der Waals surface area contributed by atoms with Crippen molar-refractivity contribution >= 4 is 59.9 Å². The maximum Gasteiger partial charge on any atom is 0.245 e. The number of amides is 1. The standard InChI is InChI=1S/C21H26IN3O5S2/c1-31(27,28)25(19-10-6-17(22)7-11-19)16-21(26)23-18-8-12-20(13-9-18)32(29,30)24-14-4-2-3-5-15-24/h6-13H,2-5,14-16H2,1H3,(H,23,26). The van der Waals surface area contributed by atoms with Crippen molar-refractivity contribution in [1.29, 1.82) is 0 Å². The van der Waals surface area contributed by atoms with Crippen LogP contribution in [-0.2, 0) is 24.8 Å². The van der Waals surface area contributed by atoms with Crippen LogP contribution in [0.15, 0.2) is 53.4 Å². The van der Waals surface area contributed by atoms with Crippen LogP contribution in [0, 0.1) is 3.57 Å². The number of anilines is 2. The van der Waals surface area contributed by atoms with Crippen molar-refractivity contribution in [2.75, 3.05) is 35.5 Å². The Bertz CT molecular complexity index is 1140. The lowest BCUT2D eigenvalue weighted by atomic mass is 10.2. The number of nitrogens with zero attached hydrogens (tertiary/aromatic N) is 2. The van der Waals surface area contributed by atoms with Gasteiger partial charge in [0, 0.05) is 22.3 Å². The van der Waals surface area contributed by atoms with E-state index in [1.165, 1.54) is 28.6 Å². The van der Waals surface area contributed by atoms with Gasteiger partial charge in [0.05, 0.1) is 16.8 Å². The predicted molar refractivity (Wildman–Crippen MR) is 134 cm³/mol. The summed E-state index contributed by atoms with van der Waals surface area (Å²) in [5.41, 5.74) is 0.780. The first-order valence-corrected chi connectivity index (χ1v) is 14.6. The van der Waals surface area contributed by atoms with Crippen LogP contribution in [0.4, 0.5) is 11.4 Å². The van der Waals surface area contributed by atoms with Crippen molar-refractivity contribution in [3.05, 3.63) is 52.1 Å². The summed E-state index contributed by atoms with van der Waals surface area (Å²) in [7, 11) is -7.25. The number of nitrogens with one attached hydrogen (secondary N) is 1. The zero-order chi connectivity index (χ0) is 23.4. The highest BCUT2D eigenvalue weighted by molar-refractivity contribution is 14.1. The number of sulfonamides is 2. The fourth-order valence-corrected chi connectivity index (χ4v) is 6.21. The highest BCUT2D eigenvalue weighted by atomic mass is 127. The van der Waals surface area contributed by atoms with Crippen LogP contribution in [0.5, 0.6) is 0 Å². The Kier molecular flexibility index (Phi) is 8.17. The average Bonchev–Trinajstić information content (AvgIpc) is 3.03. The molecule has 1 amide bonds. The zero-order valence-corrected chi connectivity index (χ0v) is 21.5. The van der Waals surface area contributed by atoms with Crippen molar-refractivity contribution in [3.8, 4) is 0 Å². The van der Waals surface area contributed by atoms with Gasteiger partial charge < -0.3 is 5.32 Å². The molecule has 0 spiro atoms. The molecule has 0 radical (unpaired) electrons. The third kappa shape index (κ3) is 6.42. The molecule has 0 unspecified atom stereocenters. The van der Waals surface area contributed by atoms with E-state index in [0.29, 0.717) is 24.5 Å². The quantitative estimate of drug-likeness (QED) is 0.498. The average molecular weight is 591 g/mol. The molecule has 1 aliphatic rings. The molecule has 11 heteroatoms. The maximum absolute atomic E-state index is 12.9. The van der Waals surface area contributed by atoms with Gasteiger partial charge in [-0.3, -0.25) is 9.10 Å². The highest BCUT2D eigenvalue weighted by Crippen LogP contribution is 2.22. The van der Waals surface area contributed by atoms with Crippen LogP contribution in [-0.4, -0.2) is 52.9 Å². The Morgan fingerprint density at radius 3 is 2.03 bits per heavy atom. The van der Waals surface area contributed by atoms with Gasteiger partial charge in [-0.2, -0.15) is 4.31 Å². The summed E-state index contributed by atoms with van der Waals surface area (Å²) in [6.45, 7) is 0.634.